The second-order valence-corrected chi connectivity index (χ2v) is 6.50. The third-order valence-electron chi connectivity index (χ3n) is 4.49. The maximum atomic E-state index is 9.78. The second kappa shape index (κ2) is 11.5. The summed E-state index contributed by atoms with van der Waals surface area (Å²) in [6, 6.07) is 0. The molecule has 2 atom stereocenters. The zero-order valence-electron chi connectivity index (χ0n) is 13.4. The Balaban J connectivity index is 2.02. The molecule has 1 fully saturated rings. The first-order chi connectivity index (χ1) is 9.76. The van der Waals surface area contributed by atoms with Crippen molar-refractivity contribution in [2.45, 2.75) is 77.2 Å². The summed E-state index contributed by atoms with van der Waals surface area (Å²) >= 11 is 0. The fraction of sp³-hybridized carbons (Fsp3) is 1.00. The Hall–Kier alpha value is -0.120. The van der Waals surface area contributed by atoms with E-state index in [4.69, 9.17) is 0 Å². The van der Waals surface area contributed by atoms with Crippen LogP contribution in [-0.2, 0) is 0 Å². The molecular weight excluding hydrogens is 250 g/mol. The molecule has 0 saturated carbocycles. The molecule has 0 radical (unpaired) electrons. The number of unbranched alkanes of at least 4 members (excludes halogenated alkanes) is 7. The molecule has 3 nitrogen and oxygen atoms in total. The van der Waals surface area contributed by atoms with E-state index in [0.29, 0.717) is 0 Å². The molecule has 0 amide bonds. The Kier molecular flexibility index (Phi) is 10.3. The molecule has 20 heavy (non-hydrogen) atoms. The number of hydrogen-bond donors (Lipinski definition) is 2. The van der Waals surface area contributed by atoms with Gasteiger partial charge in [0, 0.05) is 19.7 Å². The highest BCUT2D eigenvalue weighted by Gasteiger charge is 2.22. The van der Waals surface area contributed by atoms with Crippen molar-refractivity contribution < 1.29 is 10.2 Å². The lowest BCUT2D eigenvalue weighted by molar-refractivity contribution is 0.122. The maximum Gasteiger partial charge on any atom is 0.0556 e. The van der Waals surface area contributed by atoms with Gasteiger partial charge in [0.1, 0.15) is 0 Å². The number of hydrogen-bond acceptors (Lipinski definition) is 3. The Bertz CT molecular complexity index is 223. The van der Waals surface area contributed by atoms with Crippen LogP contribution in [0.2, 0.25) is 0 Å². The molecule has 0 unspecified atom stereocenters. The number of likely N-dealkylation sites (tertiary alicyclic amines) is 1. The van der Waals surface area contributed by atoms with Gasteiger partial charge in [-0.15, -0.1) is 0 Å². The van der Waals surface area contributed by atoms with Gasteiger partial charge in [-0.3, -0.25) is 0 Å². The molecule has 1 rings (SSSR count). The Morgan fingerprint density at radius 1 is 1.00 bits per heavy atom. The highest BCUT2D eigenvalue weighted by Crippen LogP contribution is 2.17. The van der Waals surface area contributed by atoms with E-state index in [1.54, 1.807) is 0 Å². The van der Waals surface area contributed by atoms with Crippen LogP contribution in [-0.4, -0.2) is 47.5 Å². The van der Waals surface area contributed by atoms with Crippen LogP contribution in [0.25, 0.3) is 0 Å². The first-order valence-electron chi connectivity index (χ1n) is 8.77. The van der Waals surface area contributed by atoms with Crippen molar-refractivity contribution in [2.24, 2.45) is 5.92 Å². The Morgan fingerprint density at radius 2 is 1.65 bits per heavy atom. The van der Waals surface area contributed by atoms with Crippen molar-refractivity contribution in [3.05, 3.63) is 0 Å². The van der Waals surface area contributed by atoms with Gasteiger partial charge in [0.05, 0.1) is 6.10 Å². The molecular formula is C17H35NO2. The summed E-state index contributed by atoms with van der Waals surface area (Å²) in [6.07, 6.45) is 12.3. The maximum absolute atomic E-state index is 9.78. The molecule has 0 spiro atoms. The lowest BCUT2D eigenvalue weighted by Crippen LogP contribution is -2.30. The van der Waals surface area contributed by atoms with Crippen molar-refractivity contribution in [1.29, 1.82) is 0 Å². The first kappa shape index (κ1) is 17.9. The summed E-state index contributed by atoms with van der Waals surface area (Å²) in [5.74, 6) is 0.265. The predicted molar refractivity (Wildman–Crippen MR) is 84.9 cm³/mol. The van der Waals surface area contributed by atoms with Crippen LogP contribution in [0.1, 0.15) is 71.1 Å². The fourth-order valence-corrected chi connectivity index (χ4v) is 3.17. The number of nitrogens with zero attached hydrogens (tertiary/aromatic N) is 1. The third kappa shape index (κ3) is 8.23. The van der Waals surface area contributed by atoms with Gasteiger partial charge in [0.25, 0.3) is 0 Å². The molecule has 1 heterocycles. The molecule has 1 aliphatic rings. The van der Waals surface area contributed by atoms with E-state index >= 15 is 0 Å². The van der Waals surface area contributed by atoms with Crippen molar-refractivity contribution >= 4 is 0 Å². The third-order valence-corrected chi connectivity index (χ3v) is 4.49. The van der Waals surface area contributed by atoms with Crippen LogP contribution < -0.4 is 0 Å². The summed E-state index contributed by atoms with van der Waals surface area (Å²) in [6.45, 7) is 5.57. The van der Waals surface area contributed by atoms with Crippen LogP contribution in [0.3, 0.4) is 0 Å². The van der Waals surface area contributed by atoms with Crippen LogP contribution >= 0.6 is 0 Å². The van der Waals surface area contributed by atoms with Crippen molar-refractivity contribution in [3.63, 3.8) is 0 Å². The fourth-order valence-electron chi connectivity index (χ4n) is 3.17. The van der Waals surface area contributed by atoms with Gasteiger partial charge in [0.15, 0.2) is 0 Å². The lowest BCUT2D eigenvalue weighted by Gasteiger charge is -2.22. The van der Waals surface area contributed by atoms with E-state index in [1.807, 2.05) is 0 Å². The predicted octanol–water partition coefficient (Wildman–Crippen LogP) is 3.19. The monoisotopic (exact) mass is 285 g/mol. The van der Waals surface area contributed by atoms with E-state index in [0.717, 1.165) is 32.5 Å². The van der Waals surface area contributed by atoms with Crippen molar-refractivity contribution in [2.75, 3.05) is 26.2 Å². The second-order valence-electron chi connectivity index (χ2n) is 6.50. The molecule has 0 aromatic carbocycles. The quantitative estimate of drug-likeness (QED) is 0.606. The summed E-state index contributed by atoms with van der Waals surface area (Å²) in [4.78, 5) is 2.44. The van der Waals surface area contributed by atoms with Crippen LogP contribution in [0, 0.1) is 5.92 Å². The normalized spacial score (nSPS) is 24.8. The summed E-state index contributed by atoms with van der Waals surface area (Å²) in [5.41, 5.74) is 0. The molecule has 0 aromatic rings. The van der Waals surface area contributed by atoms with E-state index in [-0.39, 0.29) is 18.6 Å². The molecule has 1 aliphatic heterocycles. The standard InChI is InChI=1S/C17H35NO2/c1-2-3-4-5-6-7-8-9-11-18-12-10-17(20)13-16(14-18)15-19/h16-17,19-20H,2-15H2,1H3/t16-,17-/m0/s1. The minimum absolute atomic E-state index is 0.212. The van der Waals surface area contributed by atoms with Gasteiger partial charge in [0.2, 0.25) is 0 Å². The smallest absolute Gasteiger partial charge is 0.0556 e. The number of rotatable bonds is 10. The largest absolute Gasteiger partial charge is 0.396 e. The van der Waals surface area contributed by atoms with Gasteiger partial charge in [-0.05, 0) is 31.7 Å². The van der Waals surface area contributed by atoms with Crippen molar-refractivity contribution in [3.8, 4) is 0 Å². The molecule has 2 N–H and O–H groups in total. The summed E-state index contributed by atoms with van der Waals surface area (Å²) in [7, 11) is 0. The Labute approximate surface area is 125 Å². The molecule has 3 heteroatoms. The van der Waals surface area contributed by atoms with Crippen LogP contribution in [0.5, 0.6) is 0 Å². The van der Waals surface area contributed by atoms with Crippen molar-refractivity contribution in [1.82, 2.24) is 4.90 Å². The zero-order chi connectivity index (χ0) is 14.6. The van der Waals surface area contributed by atoms with E-state index in [9.17, 15) is 10.2 Å². The minimum atomic E-state index is -0.212. The number of aliphatic hydroxyl groups excluding tert-OH is 2. The lowest BCUT2D eigenvalue weighted by atomic mass is 10.0. The van der Waals surface area contributed by atoms with Gasteiger partial charge in [-0.25, -0.2) is 0 Å². The average Bonchev–Trinajstić information content (AvgIpc) is 2.63. The van der Waals surface area contributed by atoms with Crippen LogP contribution in [0.4, 0.5) is 0 Å². The summed E-state index contributed by atoms with van der Waals surface area (Å²) < 4.78 is 0. The molecule has 1 saturated heterocycles. The molecule has 0 aliphatic carbocycles. The molecule has 0 bridgehead atoms. The first-order valence-corrected chi connectivity index (χ1v) is 8.77. The van der Waals surface area contributed by atoms with Crippen LogP contribution in [0.15, 0.2) is 0 Å². The molecule has 0 aromatic heterocycles. The molecule has 120 valence electrons. The van der Waals surface area contributed by atoms with E-state index in [1.165, 1.54) is 51.4 Å². The van der Waals surface area contributed by atoms with Gasteiger partial charge >= 0.3 is 0 Å². The van der Waals surface area contributed by atoms with E-state index in [2.05, 4.69) is 11.8 Å². The van der Waals surface area contributed by atoms with Gasteiger partial charge in [-0.2, -0.15) is 0 Å². The van der Waals surface area contributed by atoms with Gasteiger partial charge in [-0.1, -0.05) is 51.9 Å². The van der Waals surface area contributed by atoms with Gasteiger partial charge < -0.3 is 15.1 Å². The highest BCUT2D eigenvalue weighted by molar-refractivity contribution is 4.75. The van der Waals surface area contributed by atoms with E-state index < -0.39 is 0 Å². The summed E-state index contributed by atoms with van der Waals surface area (Å²) in [5, 5.41) is 19.1. The SMILES string of the molecule is CCCCCCCCCCN1CC[C@H](O)C[C@H](CO)C1. The average molecular weight is 285 g/mol. The Morgan fingerprint density at radius 3 is 2.30 bits per heavy atom. The zero-order valence-corrected chi connectivity index (χ0v) is 13.4. The topological polar surface area (TPSA) is 43.7 Å². The minimum Gasteiger partial charge on any atom is -0.396 e. The highest BCUT2D eigenvalue weighted by atomic mass is 16.3. The number of aliphatic hydroxyl groups is 2.